The van der Waals surface area contributed by atoms with Crippen LogP contribution in [0.15, 0.2) is 54.6 Å². The Labute approximate surface area is 215 Å². The van der Waals surface area contributed by atoms with Crippen molar-refractivity contribution < 1.29 is 34.1 Å². The minimum absolute atomic E-state index is 0.105. The molecule has 36 heavy (non-hydrogen) atoms. The van der Waals surface area contributed by atoms with E-state index in [0.717, 1.165) is 17.3 Å². The Morgan fingerprint density at radius 3 is 2.31 bits per heavy atom. The molecule has 2 N–H and O–H groups in total. The number of carbonyl (C=O) groups excluding carboxylic acids is 1. The third-order valence-electron chi connectivity index (χ3n) is 5.61. The largest absolute Gasteiger partial charge is 0.488 e. The first-order chi connectivity index (χ1) is 17.0. The van der Waals surface area contributed by atoms with Gasteiger partial charge in [-0.05, 0) is 56.9 Å². The number of thioether (sulfide) groups is 1. The van der Waals surface area contributed by atoms with Crippen molar-refractivity contribution in [3.63, 3.8) is 0 Å². The molecule has 9 heteroatoms. The second kappa shape index (κ2) is 12.3. The van der Waals surface area contributed by atoms with Crippen LogP contribution in [0, 0.1) is 0 Å². The van der Waals surface area contributed by atoms with Crippen LogP contribution in [0.2, 0.25) is 0 Å². The van der Waals surface area contributed by atoms with Crippen LogP contribution in [0.1, 0.15) is 50.0 Å². The number of likely N-dealkylation sites (tertiary alicyclic amines) is 1. The molecule has 1 aliphatic rings. The lowest BCUT2D eigenvalue weighted by molar-refractivity contribution is -0.148. The van der Waals surface area contributed by atoms with Gasteiger partial charge in [0.05, 0.1) is 13.2 Å². The van der Waals surface area contributed by atoms with Crippen molar-refractivity contribution >= 4 is 29.6 Å². The van der Waals surface area contributed by atoms with Gasteiger partial charge in [0.15, 0.2) is 0 Å². The van der Waals surface area contributed by atoms with Gasteiger partial charge in [0.2, 0.25) is 5.91 Å². The number of hydrogen-bond acceptors (Lipinski definition) is 6. The summed E-state index contributed by atoms with van der Waals surface area (Å²) in [6, 6.07) is 15.4. The standard InChI is InChI=1S/C27H33NO7S/c1-27(2,3)35-20-13-11-19(12-14-20)23(24(29)28-15-7-10-21(28)25(30)31)36-22(26(32)33)17-34-16-18-8-5-4-6-9-18/h4-6,8-9,11-14,21-23H,7,10,15-17H2,1-3H3,(H,30,31)(H,32,33)/t21-,22?,23?/m0/s1. The molecule has 0 radical (unpaired) electrons. The van der Waals surface area contributed by atoms with Crippen LogP contribution in [0.25, 0.3) is 0 Å². The number of carbonyl (C=O) groups is 3. The maximum Gasteiger partial charge on any atom is 0.326 e. The fourth-order valence-electron chi connectivity index (χ4n) is 3.97. The number of rotatable bonds is 11. The lowest BCUT2D eigenvalue weighted by atomic mass is 10.1. The highest BCUT2D eigenvalue weighted by Gasteiger charge is 2.39. The zero-order valence-electron chi connectivity index (χ0n) is 20.8. The second-order valence-corrected chi connectivity index (χ2v) is 11.0. The fraction of sp³-hybridized carbons (Fsp3) is 0.444. The first-order valence-corrected chi connectivity index (χ1v) is 12.8. The van der Waals surface area contributed by atoms with Crippen molar-refractivity contribution in [1.82, 2.24) is 4.90 Å². The first kappa shape index (κ1) is 27.5. The van der Waals surface area contributed by atoms with Crippen molar-refractivity contribution in [3.8, 4) is 5.75 Å². The minimum atomic E-state index is -1.10. The highest BCUT2D eigenvalue weighted by atomic mass is 32.2. The Balaban J connectivity index is 1.82. The molecule has 2 aromatic rings. The van der Waals surface area contributed by atoms with Crippen molar-refractivity contribution in [2.24, 2.45) is 0 Å². The summed E-state index contributed by atoms with van der Waals surface area (Å²) in [4.78, 5) is 38.8. The Kier molecular flexibility index (Phi) is 9.39. The van der Waals surface area contributed by atoms with E-state index >= 15 is 0 Å². The highest BCUT2D eigenvalue weighted by molar-refractivity contribution is 8.01. The molecule has 1 fully saturated rings. The van der Waals surface area contributed by atoms with Crippen LogP contribution in [-0.2, 0) is 25.7 Å². The number of nitrogens with zero attached hydrogens (tertiary/aromatic N) is 1. The molecule has 2 aromatic carbocycles. The summed E-state index contributed by atoms with van der Waals surface area (Å²) in [6.07, 6.45) is 0.959. The van der Waals surface area contributed by atoms with Gasteiger partial charge in [-0.25, -0.2) is 4.79 Å². The summed E-state index contributed by atoms with van der Waals surface area (Å²) < 4.78 is 11.5. The number of amides is 1. The predicted octanol–water partition coefficient (Wildman–Crippen LogP) is 4.38. The van der Waals surface area contributed by atoms with Crippen molar-refractivity contribution in [3.05, 3.63) is 65.7 Å². The van der Waals surface area contributed by atoms with Gasteiger partial charge in [0.25, 0.3) is 0 Å². The van der Waals surface area contributed by atoms with Gasteiger partial charge in [-0.15, -0.1) is 11.8 Å². The van der Waals surface area contributed by atoms with Crippen molar-refractivity contribution in [2.45, 2.75) is 62.4 Å². The third-order valence-corrected chi connectivity index (χ3v) is 7.02. The zero-order valence-corrected chi connectivity index (χ0v) is 21.6. The van der Waals surface area contributed by atoms with E-state index in [0.29, 0.717) is 30.7 Å². The van der Waals surface area contributed by atoms with E-state index in [1.807, 2.05) is 51.1 Å². The smallest absolute Gasteiger partial charge is 0.326 e. The number of ether oxygens (including phenoxy) is 2. The average molecular weight is 516 g/mol. The van der Waals surface area contributed by atoms with Gasteiger partial charge < -0.3 is 24.6 Å². The maximum absolute atomic E-state index is 13.6. The molecule has 0 aliphatic carbocycles. The number of carboxylic acids is 2. The van der Waals surface area contributed by atoms with Gasteiger partial charge in [-0.1, -0.05) is 42.5 Å². The van der Waals surface area contributed by atoms with Crippen LogP contribution in [-0.4, -0.2) is 63.0 Å². The Bertz CT molecular complexity index is 1040. The Morgan fingerprint density at radius 1 is 1.06 bits per heavy atom. The fourth-order valence-corrected chi connectivity index (χ4v) is 5.16. The molecule has 1 amide bonds. The molecule has 0 saturated carbocycles. The van der Waals surface area contributed by atoms with Gasteiger partial charge in [-0.2, -0.15) is 0 Å². The van der Waals surface area contributed by atoms with Gasteiger partial charge in [0, 0.05) is 6.54 Å². The molecule has 2 unspecified atom stereocenters. The van der Waals surface area contributed by atoms with Crippen molar-refractivity contribution in [2.75, 3.05) is 13.2 Å². The highest BCUT2D eigenvalue weighted by Crippen LogP contribution is 2.37. The molecular weight excluding hydrogens is 482 g/mol. The van der Waals surface area contributed by atoms with E-state index in [4.69, 9.17) is 9.47 Å². The van der Waals surface area contributed by atoms with Crippen LogP contribution in [0.3, 0.4) is 0 Å². The van der Waals surface area contributed by atoms with Crippen molar-refractivity contribution in [1.29, 1.82) is 0 Å². The number of carboxylic acid groups (broad SMARTS) is 2. The summed E-state index contributed by atoms with van der Waals surface area (Å²) in [5, 5.41) is 17.5. The van der Waals surface area contributed by atoms with E-state index in [-0.39, 0.29) is 13.2 Å². The summed E-state index contributed by atoms with van der Waals surface area (Å²) in [7, 11) is 0. The summed E-state index contributed by atoms with van der Waals surface area (Å²) in [6.45, 7) is 6.24. The minimum Gasteiger partial charge on any atom is -0.488 e. The lowest BCUT2D eigenvalue weighted by Crippen LogP contribution is -2.43. The van der Waals surface area contributed by atoms with Gasteiger partial charge >= 0.3 is 11.9 Å². The molecule has 3 rings (SSSR count). The molecule has 194 valence electrons. The molecular formula is C27H33NO7S. The summed E-state index contributed by atoms with van der Waals surface area (Å²) in [5.41, 5.74) is 1.09. The molecule has 1 heterocycles. The van der Waals surface area contributed by atoms with Crippen LogP contribution >= 0.6 is 11.8 Å². The molecule has 1 saturated heterocycles. The molecule has 3 atom stereocenters. The van der Waals surface area contributed by atoms with E-state index in [2.05, 4.69) is 0 Å². The van der Waals surface area contributed by atoms with E-state index in [1.54, 1.807) is 24.3 Å². The second-order valence-electron chi connectivity index (χ2n) is 9.66. The molecule has 1 aliphatic heterocycles. The number of hydrogen-bond donors (Lipinski definition) is 2. The molecule has 0 bridgehead atoms. The number of benzene rings is 2. The normalized spacial score (nSPS) is 17.4. The third kappa shape index (κ3) is 7.73. The van der Waals surface area contributed by atoms with E-state index in [1.165, 1.54) is 4.90 Å². The van der Waals surface area contributed by atoms with Crippen LogP contribution in [0.5, 0.6) is 5.75 Å². The predicted molar refractivity (Wildman–Crippen MR) is 137 cm³/mol. The van der Waals surface area contributed by atoms with E-state index in [9.17, 15) is 24.6 Å². The van der Waals surface area contributed by atoms with Crippen LogP contribution in [0.4, 0.5) is 0 Å². The van der Waals surface area contributed by atoms with E-state index < -0.39 is 40.0 Å². The van der Waals surface area contributed by atoms with Crippen LogP contribution < -0.4 is 4.74 Å². The van der Waals surface area contributed by atoms with Gasteiger partial charge in [0.1, 0.15) is 27.9 Å². The lowest BCUT2D eigenvalue weighted by Gasteiger charge is -2.28. The average Bonchev–Trinajstić information content (AvgIpc) is 3.31. The first-order valence-electron chi connectivity index (χ1n) is 11.9. The Hall–Kier alpha value is -3.04. The monoisotopic (exact) mass is 515 g/mol. The SMILES string of the molecule is CC(C)(C)Oc1ccc(C(SC(COCc2ccccc2)C(=O)O)C(=O)N2CCC[C@H]2C(=O)O)cc1. The topological polar surface area (TPSA) is 113 Å². The quantitative estimate of drug-likeness (QED) is 0.453. The Morgan fingerprint density at radius 2 is 1.72 bits per heavy atom. The summed E-state index contributed by atoms with van der Waals surface area (Å²) >= 11 is 0.964. The molecule has 0 spiro atoms. The number of aliphatic carboxylic acids is 2. The maximum atomic E-state index is 13.6. The molecule has 0 aromatic heterocycles. The summed E-state index contributed by atoms with van der Waals surface area (Å²) in [5.74, 6) is -1.95. The molecule has 8 nitrogen and oxygen atoms in total. The zero-order chi connectivity index (χ0) is 26.3. The van der Waals surface area contributed by atoms with Gasteiger partial charge in [-0.3, -0.25) is 9.59 Å².